The monoisotopic (exact) mass is 422 g/mol. The van der Waals surface area contributed by atoms with Crippen LogP contribution < -0.4 is 4.74 Å². The van der Waals surface area contributed by atoms with E-state index in [1.165, 1.54) is 12.8 Å². The number of hydrogen-bond acceptors (Lipinski definition) is 6. The van der Waals surface area contributed by atoms with E-state index in [4.69, 9.17) is 14.2 Å². The Kier molecular flexibility index (Phi) is 6.38. The number of nitrogens with zero attached hydrogens (tertiary/aromatic N) is 2. The molecular formula is C20H21N3NaO4S. The first-order chi connectivity index (χ1) is 13.7. The molecule has 5 rings (SSSR count). The largest absolute Gasteiger partial charge is 0.488 e. The van der Waals surface area contributed by atoms with Crippen molar-refractivity contribution in [3.05, 3.63) is 48.3 Å². The quantitative estimate of drug-likeness (QED) is 0.614. The van der Waals surface area contributed by atoms with Gasteiger partial charge in [-0.1, -0.05) is 12.1 Å². The molecule has 1 unspecified atom stereocenters. The normalized spacial score (nSPS) is 19.0. The number of fused-ring (bicyclic) bond motifs is 1. The van der Waals surface area contributed by atoms with Gasteiger partial charge >= 0.3 is 0 Å². The fraction of sp³-hybridized carbons (Fsp3) is 0.400. The third kappa shape index (κ3) is 4.90. The minimum Gasteiger partial charge on any atom is -0.488 e. The molecule has 1 radical (unpaired) electrons. The fourth-order valence-corrected chi connectivity index (χ4v) is 4.21. The van der Waals surface area contributed by atoms with Crippen molar-refractivity contribution in [3.8, 4) is 5.75 Å². The second-order valence-electron chi connectivity index (χ2n) is 7.39. The molecule has 2 fully saturated rings. The van der Waals surface area contributed by atoms with Crippen LogP contribution in [0.25, 0.3) is 11.0 Å². The second kappa shape index (κ2) is 8.83. The maximum Gasteiger partial charge on any atom is 0.197 e. The van der Waals surface area contributed by atoms with Crippen molar-refractivity contribution in [2.75, 3.05) is 19.8 Å². The SMILES string of the molecule is O=S(Cc1cc(OCC2OCC3(CC3)CO2)ccn1)c1nc2ccccc2[nH]1.[Na]. The summed E-state index contributed by atoms with van der Waals surface area (Å²) in [7, 11) is -1.32. The number of nitrogens with one attached hydrogen (secondary N) is 1. The smallest absolute Gasteiger partial charge is 0.197 e. The number of para-hydroxylation sites is 2. The Morgan fingerprint density at radius 1 is 1.21 bits per heavy atom. The number of imidazole rings is 1. The third-order valence-electron chi connectivity index (χ3n) is 5.14. The van der Waals surface area contributed by atoms with Gasteiger partial charge in [-0.05, 0) is 31.0 Å². The van der Waals surface area contributed by atoms with Crippen LogP contribution in [0.1, 0.15) is 18.5 Å². The number of aromatic amines is 1. The second-order valence-corrected chi connectivity index (χ2v) is 8.76. The van der Waals surface area contributed by atoms with E-state index in [9.17, 15) is 4.21 Å². The molecule has 1 aliphatic carbocycles. The van der Waals surface area contributed by atoms with Crippen molar-refractivity contribution in [2.45, 2.75) is 30.0 Å². The predicted molar refractivity (Wildman–Crippen MR) is 109 cm³/mol. The number of H-pyrrole nitrogens is 1. The summed E-state index contributed by atoms with van der Waals surface area (Å²) in [5.74, 6) is 0.918. The summed E-state index contributed by atoms with van der Waals surface area (Å²) >= 11 is 0. The molecule has 1 N–H and O–H groups in total. The van der Waals surface area contributed by atoms with E-state index in [-0.39, 0.29) is 47.0 Å². The van der Waals surface area contributed by atoms with E-state index in [1.807, 2.05) is 24.3 Å². The standard InChI is InChI=1S/C20H21N3O4S.Na/c24-28(19-22-16-3-1-2-4-17(16)23-19)11-14-9-15(5-8-21-14)25-10-18-26-12-20(6-7-20)13-27-18;/h1-5,8-9,18H,6-7,10-13H2,(H,22,23);. The minimum atomic E-state index is -1.32. The number of hydrogen-bond donors (Lipinski definition) is 1. The summed E-state index contributed by atoms with van der Waals surface area (Å²) in [6, 6.07) is 11.2. The molecule has 0 bridgehead atoms. The van der Waals surface area contributed by atoms with Gasteiger partial charge in [-0.25, -0.2) is 4.98 Å². The van der Waals surface area contributed by atoms with Gasteiger partial charge in [0.05, 0.1) is 46.5 Å². The molecule has 1 saturated carbocycles. The molecule has 1 saturated heterocycles. The number of ether oxygens (including phenoxy) is 3. The first-order valence-corrected chi connectivity index (χ1v) is 10.7. The van der Waals surface area contributed by atoms with Gasteiger partial charge in [0, 0.05) is 47.2 Å². The maximum atomic E-state index is 12.7. The Morgan fingerprint density at radius 2 is 2.00 bits per heavy atom. The zero-order valence-electron chi connectivity index (χ0n) is 16.3. The van der Waals surface area contributed by atoms with E-state index in [2.05, 4.69) is 15.0 Å². The first-order valence-electron chi connectivity index (χ1n) is 9.33. The number of pyridine rings is 1. The number of rotatable bonds is 6. The van der Waals surface area contributed by atoms with Crippen LogP contribution in [0.2, 0.25) is 0 Å². The molecule has 147 valence electrons. The topological polar surface area (TPSA) is 86.3 Å². The van der Waals surface area contributed by atoms with Gasteiger partial charge in [-0.3, -0.25) is 9.19 Å². The number of aromatic nitrogens is 3. The van der Waals surface area contributed by atoms with Crippen LogP contribution in [0, 0.1) is 5.41 Å². The van der Waals surface area contributed by atoms with Crippen LogP contribution in [0.5, 0.6) is 5.75 Å². The third-order valence-corrected chi connectivity index (χ3v) is 6.33. The molecule has 1 atom stereocenters. The van der Waals surface area contributed by atoms with Gasteiger partial charge in [0.2, 0.25) is 0 Å². The number of benzene rings is 1. The Balaban J connectivity index is 0.00000205. The molecule has 3 heterocycles. The summed E-state index contributed by atoms with van der Waals surface area (Å²) in [5.41, 5.74) is 2.63. The average molecular weight is 422 g/mol. The predicted octanol–water partition coefficient (Wildman–Crippen LogP) is 2.42. The van der Waals surface area contributed by atoms with Crippen molar-refractivity contribution >= 4 is 51.4 Å². The Labute approximate surface area is 193 Å². The molecule has 29 heavy (non-hydrogen) atoms. The molecule has 1 aromatic carbocycles. The zero-order chi connectivity index (χ0) is 19.0. The van der Waals surface area contributed by atoms with Gasteiger partial charge in [0.25, 0.3) is 0 Å². The van der Waals surface area contributed by atoms with E-state index < -0.39 is 10.8 Å². The summed E-state index contributed by atoms with van der Waals surface area (Å²) in [5, 5.41) is 0.451. The molecule has 2 aromatic heterocycles. The van der Waals surface area contributed by atoms with E-state index >= 15 is 0 Å². The van der Waals surface area contributed by atoms with Crippen molar-refractivity contribution in [3.63, 3.8) is 0 Å². The van der Waals surface area contributed by atoms with Gasteiger partial charge < -0.3 is 19.2 Å². The van der Waals surface area contributed by atoms with Gasteiger partial charge in [-0.15, -0.1) is 0 Å². The molecule has 2 aliphatic rings. The Hall–Kier alpha value is -1.29. The van der Waals surface area contributed by atoms with E-state index in [0.29, 0.717) is 23.2 Å². The molecule has 7 nitrogen and oxygen atoms in total. The zero-order valence-corrected chi connectivity index (χ0v) is 19.1. The Morgan fingerprint density at radius 3 is 2.76 bits per heavy atom. The van der Waals surface area contributed by atoms with Crippen LogP contribution in [0.3, 0.4) is 0 Å². The van der Waals surface area contributed by atoms with Crippen LogP contribution >= 0.6 is 0 Å². The molecule has 9 heteroatoms. The van der Waals surface area contributed by atoms with Gasteiger partial charge in [-0.2, -0.15) is 0 Å². The van der Waals surface area contributed by atoms with Crippen molar-refractivity contribution in [2.24, 2.45) is 5.41 Å². The maximum absolute atomic E-state index is 12.7. The van der Waals surface area contributed by atoms with Crippen LogP contribution in [-0.2, 0) is 26.0 Å². The summed E-state index contributed by atoms with van der Waals surface area (Å²) < 4.78 is 29.9. The van der Waals surface area contributed by atoms with Crippen LogP contribution in [0.4, 0.5) is 0 Å². The van der Waals surface area contributed by atoms with Crippen LogP contribution in [0.15, 0.2) is 47.8 Å². The summed E-state index contributed by atoms with van der Waals surface area (Å²) in [6.45, 7) is 1.82. The summed E-state index contributed by atoms with van der Waals surface area (Å²) in [4.78, 5) is 11.8. The average Bonchev–Trinajstić information content (AvgIpc) is 3.32. The molecular weight excluding hydrogens is 401 g/mol. The summed E-state index contributed by atoms with van der Waals surface area (Å²) in [6.07, 6.45) is 3.70. The van der Waals surface area contributed by atoms with Crippen molar-refractivity contribution in [1.29, 1.82) is 0 Å². The molecule has 3 aromatic rings. The van der Waals surface area contributed by atoms with Crippen LogP contribution in [-0.4, -0.2) is 74.8 Å². The van der Waals surface area contributed by atoms with Crippen molar-refractivity contribution in [1.82, 2.24) is 15.0 Å². The van der Waals surface area contributed by atoms with E-state index in [0.717, 1.165) is 24.2 Å². The molecule has 1 spiro atoms. The van der Waals surface area contributed by atoms with Crippen molar-refractivity contribution < 1.29 is 18.4 Å². The minimum absolute atomic E-state index is 0. The van der Waals surface area contributed by atoms with Gasteiger partial charge in [0.15, 0.2) is 11.4 Å². The van der Waals surface area contributed by atoms with E-state index in [1.54, 1.807) is 18.3 Å². The Bertz CT molecular complexity index is 981. The molecule has 1 aliphatic heterocycles. The molecule has 0 amide bonds. The fourth-order valence-electron chi connectivity index (χ4n) is 3.22. The van der Waals surface area contributed by atoms with Gasteiger partial charge in [0.1, 0.15) is 12.4 Å². The first kappa shape index (κ1) is 21.0.